The molecule has 0 saturated heterocycles. The minimum absolute atomic E-state index is 0.137. The predicted octanol–water partition coefficient (Wildman–Crippen LogP) is 8.71. The molecule has 3 rings (SSSR count). The first-order valence-corrected chi connectivity index (χ1v) is 12.3. The molecule has 30 heavy (non-hydrogen) atoms. The molecule has 2 aliphatic rings. The zero-order valence-electron chi connectivity index (χ0n) is 18.6. The van der Waals surface area contributed by atoms with Crippen molar-refractivity contribution in [1.82, 2.24) is 0 Å². The van der Waals surface area contributed by atoms with E-state index in [1.807, 2.05) is 0 Å². The van der Waals surface area contributed by atoms with Gasteiger partial charge in [0.15, 0.2) is 0 Å². The summed E-state index contributed by atoms with van der Waals surface area (Å²) in [6.45, 7) is 2.32. The van der Waals surface area contributed by atoms with Crippen LogP contribution >= 0.6 is 0 Å². The number of benzene rings is 1. The molecule has 2 aliphatic carbocycles. The van der Waals surface area contributed by atoms with Gasteiger partial charge in [0.25, 0.3) is 0 Å². The summed E-state index contributed by atoms with van der Waals surface area (Å²) in [5.41, 5.74) is 1.09. The molecule has 0 bridgehead atoms. The van der Waals surface area contributed by atoms with Crippen molar-refractivity contribution in [3.05, 3.63) is 29.8 Å². The number of rotatable bonds is 9. The van der Waals surface area contributed by atoms with Crippen molar-refractivity contribution in [2.45, 2.75) is 103 Å². The van der Waals surface area contributed by atoms with Crippen LogP contribution in [0.5, 0.6) is 5.75 Å². The van der Waals surface area contributed by atoms with E-state index in [2.05, 4.69) is 11.7 Å². The molecule has 170 valence electrons. The molecule has 2 fully saturated rings. The van der Waals surface area contributed by atoms with E-state index in [9.17, 15) is 13.2 Å². The molecule has 0 aliphatic heterocycles. The molecule has 1 aromatic rings. The van der Waals surface area contributed by atoms with Crippen molar-refractivity contribution in [2.24, 2.45) is 23.7 Å². The summed E-state index contributed by atoms with van der Waals surface area (Å²) in [4.78, 5) is 0. The van der Waals surface area contributed by atoms with Crippen LogP contribution in [-0.2, 0) is 6.42 Å². The van der Waals surface area contributed by atoms with Crippen LogP contribution in [0.2, 0.25) is 0 Å². The van der Waals surface area contributed by atoms with E-state index < -0.39 is 6.36 Å². The standard InChI is InChI=1S/C26H39F3O/c1-2-5-20-8-14-23(15-9-20)24-16-10-21(11-17-24)6-3-4-7-22-12-18-25(19-13-22)30-26(27,28)29/h12-13,18-21,23-24H,2-11,14-17H2,1H3. The van der Waals surface area contributed by atoms with Crippen LogP contribution in [0.4, 0.5) is 13.2 Å². The molecule has 0 radical (unpaired) electrons. The van der Waals surface area contributed by atoms with Gasteiger partial charge < -0.3 is 4.74 Å². The topological polar surface area (TPSA) is 9.23 Å². The number of aryl methyl sites for hydroxylation is 1. The maximum Gasteiger partial charge on any atom is 0.573 e. The van der Waals surface area contributed by atoms with Gasteiger partial charge >= 0.3 is 6.36 Å². The highest BCUT2D eigenvalue weighted by atomic mass is 19.4. The Morgan fingerprint density at radius 1 is 0.767 bits per heavy atom. The lowest BCUT2D eigenvalue weighted by atomic mass is 9.68. The van der Waals surface area contributed by atoms with Crippen molar-refractivity contribution < 1.29 is 17.9 Å². The highest BCUT2D eigenvalue weighted by Gasteiger charge is 2.31. The molecule has 0 heterocycles. The number of alkyl halides is 3. The van der Waals surface area contributed by atoms with Gasteiger partial charge in [-0.15, -0.1) is 13.2 Å². The maximum atomic E-state index is 12.2. The van der Waals surface area contributed by atoms with Crippen LogP contribution in [0.3, 0.4) is 0 Å². The number of hydrogen-bond acceptors (Lipinski definition) is 1. The van der Waals surface area contributed by atoms with Crippen LogP contribution in [0.15, 0.2) is 24.3 Å². The third-order valence-corrected chi connectivity index (χ3v) is 7.63. The summed E-state index contributed by atoms with van der Waals surface area (Å²) in [7, 11) is 0. The summed E-state index contributed by atoms with van der Waals surface area (Å²) >= 11 is 0. The molecule has 0 aromatic heterocycles. The lowest BCUT2D eigenvalue weighted by molar-refractivity contribution is -0.274. The summed E-state index contributed by atoms with van der Waals surface area (Å²) in [5, 5.41) is 0. The van der Waals surface area contributed by atoms with Crippen molar-refractivity contribution in [3.63, 3.8) is 0 Å². The smallest absolute Gasteiger partial charge is 0.406 e. The molecular formula is C26H39F3O. The molecule has 0 unspecified atom stereocenters. The van der Waals surface area contributed by atoms with Gasteiger partial charge in [0, 0.05) is 0 Å². The van der Waals surface area contributed by atoms with Crippen LogP contribution in [-0.4, -0.2) is 6.36 Å². The molecule has 2 saturated carbocycles. The Hall–Kier alpha value is -1.19. The second-order valence-electron chi connectivity index (χ2n) is 9.79. The van der Waals surface area contributed by atoms with E-state index in [0.29, 0.717) is 0 Å². The highest BCUT2D eigenvalue weighted by Crippen LogP contribution is 2.43. The van der Waals surface area contributed by atoms with Crippen LogP contribution < -0.4 is 4.74 Å². The summed E-state index contributed by atoms with van der Waals surface area (Å²) in [5.74, 6) is 3.75. The van der Waals surface area contributed by atoms with Crippen LogP contribution in [0.1, 0.15) is 96.0 Å². The fraction of sp³-hybridized carbons (Fsp3) is 0.769. The fourth-order valence-electron chi connectivity index (χ4n) is 5.92. The van der Waals surface area contributed by atoms with Gasteiger partial charge in [-0.1, -0.05) is 70.4 Å². The minimum Gasteiger partial charge on any atom is -0.406 e. The zero-order chi connectivity index (χ0) is 21.4. The van der Waals surface area contributed by atoms with E-state index >= 15 is 0 Å². The zero-order valence-corrected chi connectivity index (χ0v) is 18.6. The van der Waals surface area contributed by atoms with Gasteiger partial charge in [-0.2, -0.15) is 0 Å². The lowest BCUT2D eigenvalue weighted by Gasteiger charge is -2.38. The molecule has 1 nitrogen and oxygen atoms in total. The largest absolute Gasteiger partial charge is 0.573 e. The molecule has 4 heteroatoms. The van der Waals surface area contributed by atoms with E-state index in [1.165, 1.54) is 89.2 Å². The Labute approximate surface area is 180 Å². The van der Waals surface area contributed by atoms with Crippen molar-refractivity contribution >= 4 is 0 Å². The first kappa shape index (κ1) is 23.5. The first-order chi connectivity index (χ1) is 14.4. The Bertz CT molecular complexity index is 594. The second kappa shape index (κ2) is 11.4. The van der Waals surface area contributed by atoms with Crippen molar-refractivity contribution in [2.75, 3.05) is 0 Å². The summed E-state index contributed by atoms with van der Waals surface area (Å²) in [6, 6.07) is 6.34. The molecule has 0 amide bonds. The first-order valence-electron chi connectivity index (χ1n) is 12.3. The molecule has 0 N–H and O–H groups in total. The summed E-state index contributed by atoms with van der Waals surface area (Å²) in [6.07, 6.45) is 14.3. The average Bonchev–Trinajstić information content (AvgIpc) is 2.73. The Morgan fingerprint density at radius 2 is 1.30 bits per heavy atom. The molecule has 0 atom stereocenters. The van der Waals surface area contributed by atoms with Gasteiger partial charge in [-0.25, -0.2) is 0 Å². The number of unbranched alkanes of at least 4 members (excludes halogenated alkanes) is 1. The Balaban J connectivity index is 1.27. The lowest BCUT2D eigenvalue weighted by Crippen LogP contribution is -2.25. The third kappa shape index (κ3) is 7.81. The van der Waals surface area contributed by atoms with E-state index in [0.717, 1.165) is 42.1 Å². The average molecular weight is 425 g/mol. The quantitative estimate of drug-likeness (QED) is 0.360. The monoisotopic (exact) mass is 424 g/mol. The van der Waals surface area contributed by atoms with Crippen molar-refractivity contribution in [1.29, 1.82) is 0 Å². The fourth-order valence-corrected chi connectivity index (χ4v) is 5.92. The van der Waals surface area contributed by atoms with Gasteiger partial charge in [-0.3, -0.25) is 0 Å². The SMILES string of the molecule is CCCC1CCC(C2CCC(CCCCc3ccc(OC(F)(F)F)cc3)CC2)CC1. The third-order valence-electron chi connectivity index (χ3n) is 7.63. The second-order valence-corrected chi connectivity index (χ2v) is 9.79. The number of halogens is 3. The van der Waals surface area contributed by atoms with E-state index in [1.54, 1.807) is 12.1 Å². The van der Waals surface area contributed by atoms with E-state index in [-0.39, 0.29) is 5.75 Å². The summed E-state index contributed by atoms with van der Waals surface area (Å²) < 4.78 is 40.6. The molecule has 0 spiro atoms. The Morgan fingerprint density at radius 3 is 1.80 bits per heavy atom. The van der Waals surface area contributed by atoms with Gasteiger partial charge in [0.05, 0.1) is 0 Å². The van der Waals surface area contributed by atoms with Gasteiger partial charge in [-0.05, 0) is 79.9 Å². The van der Waals surface area contributed by atoms with Gasteiger partial charge in [0.2, 0.25) is 0 Å². The number of ether oxygens (including phenoxy) is 1. The van der Waals surface area contributed by atoms with Crippen molar-refractivity contribution in [3.8, 4) is 5.75 Å². The van der Waals surface area contributed by atoms with Gasteiger partial charge in [0.1, 0.15) is 5.75 Å². The maximum absolute atomic E-state index is 12.2. The minimum atomic E-state index is -4.62. The van der Waals surface area contributed by atoms with Crippen LogP contribution in [0.25, 0.3) is 0 Å². The molecular weight excluding hydrogens is 385 g/mol. The highest BCUT2D eigenvalue weighted by molar-refractivity contribution is 5.27. The molecule has 1 aromatic carbocycles. The predicted molar refractivity (Wildman–Crippen MR) is 116 cm³/mol. The number of hydrogen-bond donors (Lipinski definition) is 0. The normalized spacial score (nSPS) is 27.7. The Kier molecular flexibility index (Phi) is 8.95. The van der Waals surface area contributed by atoms with Crippen LogP contribution in [0, 0.1) is 23.7 Å². The van der Waals surface area contributed by atoms with E-state index in [4.69, 9.17) is 0 Å².